The number of ether oxygens (including phenoxy) is 1. The van der Waals surface area contributed by atoms with Gasteiger partial charge in [0, 0.05) is 21.2 Å². The highest BCUT2D eigenvalue weighted by molar-refractivity contribution is 6.31. The lowest BCUT2D eigenvalue weighted by molar-refractivity contribution is 0.0528. The van der Waals surface area contributed by atoms with Gasteiger partial charge in [-0.15, -0.1) is 0 Å². The molecule has 2 heterocycles. The average molecular weight is 519 g/mol. The van der Waals surface area contributed by atoms with E-state index in [2.05, 4.69) is 0 Å². The minimum atomic E-state index is -0.576. The molecule has 36 heavy (non-hydrogen) atoms. The topological polar surface area (TPSA) is 69.8 Å². The predicted octanol–water partition coefficient (Wildman–Crippen LogP) is 6.49. The standard InChI is InChI=1S/C28H20Cl2N2O4/c1-2-36-28(35)21-15-24(26(34)18-9-13-20(30)14-10-18)32-23-6-4-3-5-22(23)31(27(21)32)16-25(33)17-7-11-19(29)12-8-17/h3-15H,2,16H2,1H3. The summed E-state index contributed by atoms with van der Waals surface area (Å²) in [7, 11) is 0. The van der Waals surface area contributed by atoms with E-state index in [9.17, 15) is 14.4 Å². The number of Topliss-reactive ketones (excluding diaryl/α,β-unsaturated/α-hetero) is 1. The summed E-state index contributed by atoms with van der Waals surface area (Å²) in [5, 5.41) is 1.04. The number of benzene rings is 3. The number of ketones is 2. The zero-order valence-electron chi connectivity index (χ0n) is 19.2. The molecular formula is C28H20Cl2N2O4. The number of nitrogens with zero attached hydrogens (tertiary/aromatic N) is 2. The number of imidazole rings is 1. The molecule has 2 aromatic heterocycles. The van der Waals surface area contributed by atoms with Crippen molar-refractivity contribution in [3.63, 3.8) is 0 Å². The molecule has 0 atom stereocenters. The van der Waals surface area contributed by atoms with E-state index in [-0.39, 0.29) is 36.0 Å². The normalized spacial score (nSPS) is 11.2. The minimum Gasteiger partial charge on any atom is -0.462 e. The third-order valence-corrected chi connectivity index (χ3v) is 6.45. The molecule has 0 saturated carbocycles. The van der Waals surface area contributed by atoms with Gasteiger partial charge in [-0.3, -0.25) is 14.0 Å². The number of rotatable bonds is 7. The van der Waals surface area contributed by atoms with Crippen molar-refractivity contribution in [2.45, 2.75) is 13.5 Å². The van der Waals surface area contributed by atoms with Gasteiger partial charge in [0.05, 0.1) is 29.9 Å². The SMILES string of the molecule is CCOC(=O)c1cc(C(=O)c2ccc(Cl)cc2)n2c3ccccc3n(CC(=O)c3ccc(Cl)cc3)c12. The Kier molecular flexibility index (Phi) is 6.39. The lowest BCUT2D eigenvalue weighted by Crippen LogP contribution is -2.12. The maximum Gasteiger partial charge on any atom is 0.341 e. The van der Waals surface area contributed by atoms with E-state index in [1.807, 2.05) is 24.3 Å². The zero-order valence-corrected chi connectivity index (χ0v) is 20.7. The first-order valence-corrected chi connectivity index (χ1v) is 12.0. The highest BCUT2D eigenvalue weighted by Gasteiger charge is 2.27. The zero-order chi connectivity index (χ0) is 25.4. The van der Waals surface area contributed by atoms with Crippen molar-refractivity contribution in [3.05, 3.63) is 111 Å². The van der Waals surface area contributed by atoms with Gasteiger partial charge in [0.15, 0.2) is 5.78 Å². The van der Waals surface area contributed by atoms with Crippen LogP contribution in [-0.2, 0) is 11.3 Å². The third kappa shape index (κ3) is 4.19. The van der Waals surface area contributed by atoms with Crippen LogP contribution in [-0.4, -0.2) is 33.1 Å². The maximum absolute atomic E-state index is 13.6. The molecule has 3 aromatic carbocycles. The second kappa shape index (κ2) is 9.64. The lowest BCUT2D eigenvalue weighted by atomic mass is 10.1. The van der Waals surface area contributed by atoms with Gasteiger partial charge in [0.2, 0.25) is 5.78 Å². The van der Waals surface area contributed by atoms with Gasteiger partial charge in [-0.05, 0) is 73.7 Å². The number of halogens is 2. The Balaban J connectivity index is 1.74. The van der Waals surface area contributed by atoms with Crippen molar-refractivity contribution < 1.29 is 19.1 Å². The Morgan fingerprint density at radius 1 is 0.806 bits per heavy atom. The van der Waals surface area contributed by atoms with Gasteiger partial charge < -0.3 is 9.30 Å². The molecular weight excluding hydrogens is 499 g/mol. The molecule has 0 fully saturated rings. The van der Waals surface area contributed by atoms with E-state index in [1.54, 1.807) is 64.4 Å². The molecule has 0 N–H and O–H groups in total. The van der Waals surface area contributed by atoms with Crippen LogP contribution in [0, 0.1) is 0 Å². The monoisotopic (exact) mass is 518 g/mol. The van der Waals surface area contributed by atoms with Crippen molar-refractivity contribution in [2.75, 3.05) is 6.61 Å². The Morgan fingerprint density at radius 3 is 2.00 bits per heavy atom. The number of aromatic nitrogens is 2. The Morgan fingerprint density at radius 2 is 1.39 bits per heavy atom. The van der Waals surface area contributed by atoms with Gasteiger partial charge in [-0.25, -0.2) is 4.79 Å². The highest BCUT2D eigenvalue weighted by Crippen LogP contribution is 2.30. The van der Waals surface area contributed by atoms with Gasteiger partial charge in [-0.1, -0.05) is 35.3 Å². The van der Waals surface area contributed by atoms with Crippen LogP contribution in [0.2, 0.25) is 10.0 Å². The van der Waals surface area contributed by atoms with Crippen LogP contribution in [0.5, 0.6) is 0 Å². The van der Waals surface area contributed by atoms with Crippen molar-refractivity contribution >= 4 is 57.4 Å². The van der Waals surface area contributed by atoms with Gasteiger partial charge in [0.1, 0.15) is 11.2 Å². The molecule has 6 nitrogen and oxygen atoms in total. The van der Waals surface area contributed by atoms with E-state index in [0.717, 1.165) is 0 Å². The van der Waals surface area contributed by atoms with Crippen LogP contribution >= 0.6 is 23.2 Å². The van der Waals surface area contributed by atoms with Crippen LogP contribution in [0.3, 0.4) is 0 Å². The summed E-state index contributed by atoms with van der Waals surface area (Å²) in [6, 6.07) is 22.1. The summed E-state index contributed by atoms with van der Waals surface area (Å²) in [6.45, 7) is 1.83. The molecule has 0 aliphatic heterocycles. The molecule has 180 valence electrons. The van der Waals surface area contributed by atoms with E-state index in [0.29, 0.717) is 37.9 Å². The predicted molar refractivity (Wildman–Crippen MR) is 140 cm³/mol. The summed E-state index contributed by atoms with van der Waals surface area (Å²) in [6.07, 6.45) is 0. The Hall–Kier alpha value is -3.87. The third-order valence-electron chi connectivity index (χ3n) is 5.95. The number of esters is 1. The van der Waals surface area contributed by atoms with Crippen LogP contribution in [0.15, 0.2) is 78.9 Å². The number of carbonyl (C=O) groups excluding carboxylic acids is 3. The maximum atomic E-state index is 13.6. The first-order valence-electron chi connectivity index (χ1n) is 11.3. The molecule has 0 saturated heterocycles. The second-order valence-electron chi connectivity index (χ2n) is 8.16. The van der Waals surface area contributed by atoms with E-state index >= 15 is 0 Å². The lowest BCUT2D eigenvalue weighted by Gasteiger charge is -2.07. The van der Waals surface area contributed by atoms with Crippen molar-refractivity contribution in [1.82, 2.24) is 8.97 Å². The first-order chi connectivity index (χ1) is 17.4. The Labute approximate surface area is 216 Å². The second-order valence-corrected chi connectivity index (χ2v) is 9.04. The van der Waals surface area contributed by atoms with E-state index < -0.39 is 5.97 Å². The molecule has 0 radical (unpaired) electrons. The molecule has 0 amide bonds. The van der Waals surface area contributed by atoms with Gasteiger partial charge in [-0.2, -0.15) is 0 Å². The van der Waals surface area contributed by atoms with Crippen molar-refractivity contribution in [3.8, 4) is 0 Å². The van der Waals surface area contributed by atoms with Crippen LogP contribution in [0.25, 0.3) is 16.7 Å². The smallest absolute Gasteiger partial charge is 0.341 e. The fourth-order valence-electron chi connectivity index (χ4n) is 4.31. The van der Waals surface area contributed by atoms with Crippen molar-refractivity contribution in [2.24, 2.45) is 0 Å². The number of carbonyl (C=O) groups is 3. The summed E-state index contributed by atoms with van der Waals surface area (Å²) in [5.41, 5.74) is 3.18. The van der Waals surface area contributed by atoms with Crippen LogP contribution < -0.4 is 0 Å². The minimum absolute atomic E-state index is 0.0519. The highest BCUT2D eigenvalue weighted by atomic mass is 35.5. The van der Waals surface area contributed by atoms with Gasteiger partial charge >= 0.3 is 5.97 Å². The molecule has 0 bridgehead atoms. The molecule has 5 rings (SSSR count). The van der Waals surface area contributed by atoms with Crippen LogP contribution in [0.1, 0.15) is 43.7 Å². The van der Waals surface area contributed by atoms with Gasteiger partial charge in [0.25, 0.3) is 0 Å². The molecule has 0 spiro atoms. The fraction of sp³-hybridized carbons (Fsp3) is 0.107. The van der Waals surface area contributed by atoms with E-state index in [1.165, 1.54) is 6.07 Å². The molecule has 0 aliphatic carbocycles. The largest absolute Gasteiger partial charge is 0.462 e. The number of hydrogen-bond donors (Lipinski definition) is 0. The first kappa shape index (κ1) is 23.9. The average Bonchev–Trinajstić information content (AvgIpc) is 3.42. The quantitative estimate of drug-likeness (QED) is 0.182. The summed E-state index contributed by atoms with van der Waals surface area (Å²) < 4.78 is 8.77. The number of hydrogen-bond acceptors (Lipinski definition) is 4. The van der Waals surface area contributed by atoms with E-state index in [4.69, 9.17) is 27.9 Å². The Bertz CT molecular complexity index is 1630. The molecule has 0 aliphatic rings. The number of fused-ring (bicyclic) bond motifs is 3. The van der Waals surface area contributed by atoms with Crippen LogP contribution in [0.4, 0.5) is 0 Å². The summed E-state index contributed by atoms with van der Waals surface area (Å²) >= 11 is 12.0. The molecule has 8 heteroatoms. The molecule has 5 aromatic rings. The summed E-state index contributed by atoms with van der Waals surface area (Å²) in [4.78, 5) is 39.9. The van der Waals surface area contributed by atoms with Crippen molar-refractivity contribution in [1.29, 1.82) is 0 Å². The molecule has 0 unspecified atom stereocenters. The number of para-hydroxylation sites is 2. The fourth-order valence-corrected chi connectivity index (χ4v) is 4.56. The summed E-state index contributed by atoms with van der Waals surface area (Å²) in [5.74, 6) is -1.03.